The highest BCUT2D eigenvalue weighted by Gasteiger charge is 2.68. The number of ketones is 1. The molecular formula is C42H64O17. The van der Waals surface area contributed by atoms with Crippen molar-refractivity contribution in [3.05, 3.63) is 11.6 Å². The quantitative estimate of drug-likeness (QED) is 0.113. The maximum atomic E-state index is 14.6. The Labute approximate surface area is 344 Å². The van der Waals surface area contributed by atoms with E-state index in [4.69, 9.17) is 37.9 Å². The molecule has 3 saturated heterocycles. The molecule has 4 aliphatic carbocycles. The van der Waals surface area contributed by atoms with Crippen molar-refractivity contribution in [1.29, 1.82) is 0 Å². The molecule has 4 heterocycles. The van der Waals surface area contributed by atoms with Crippen molar-refractivity contribution < 1.29 is 83.2 Å². The first kappa shape index (κ1) is 43.9. The van der Waals surface area contributed by atoms with E-state index >= 15 is 0 Å². The van der Waals surface area contributed by atoms with E-state index < -0.39 is 105 Å². The van der Waals surface area contributed by atoms with Gasteiger partial charge >= 0.3 is 5.97 Å². The Morgan fingerprint density at radius 1 is 0.780 bits per heavy atom. The molecule has 7 N–H and O–H groups in total. The summed E-state index contributed by atoms with van der Waals surface area (Å²) in [6, 6.07) is 0. The molecule has 4 saturated carbocycles. The van der Waals surface area contributed by atoms with Gasteiger partial charge in [-0.05, 0) is 93.5 Å². The zero-order chi connectivity index (χ0) is 42.2. The number of fused-ring (bicyclic) bond motifs is 3. The van der Waals surface area contributed by atoms with E-state index in [9.17, 15) is 45.3 Å². The molecular weight excluding hydrogens is 776 g/mol. The number of methoxy groups -OCH3 is 1. The van der Waals surface area contributed by atoms with Crippen molar-refractivity contribution in [1.82, 2.24) is 0 Å². The van der Waals surface area contributed by atoms with Gasteiger partial charge in [0, 0.05) is 30.4 Å². The molecule has 0 aromatic heterocycles. The summed E-state index contributed by atoms with van der Waals surface area (Å²) in [5.41, 5.74) is 0.201. The zero-order valence-corrected chi connectivity index (χ0v) is 34.4. The van der Waals surface area contributed by atoms with Crippen molar-refractivity contribution >= 4 is 11.8 Å². The van der Waals surface area contributed by atoms with Crippen molar-refractivity contribution in [2.75, 3.05) is 26.9 Å². The number of aliphatic hydroxyl groups excluding tert-OH is 7. The maximum Gasteiger partial charge on any atom is 0.331 e. The molecule has 8 aliphatic rings. The lowest BCUT2D eigenvalue weighted by Crippen LogP contribution is -2.64. The van der Waals surface area contributed by atoms with Gasteiger partial charge < -0.3 is 73.6 Å². The summed E-state index contributed by atoms with van der Waals surface area (Å²) >= 11 is 0. The second kappa shape index (κ2) is 16.8. The van der Waals surface area contributed by atoms with Gasteiger partial charge in [0.25, 0.3) is 0 Å². The van der Waals surface area contributed by atoms with Crippen LogP contribution in [0.15, 0.2) is 11.6 Å². The predicted molar refractivity (Wildman–Crippen MR) is 201 cm³/mol. The normalized spacial score (nSPS) is 52.6. The van der Waals surface area contributed by atoms with Crippen LogP contribution < -0.4 is 0 Å². The smallest absolute Gasteiger partial charge is 0.331 e. The van der Waals surface area contributed by atoms with E-state index in [1.165, 1.54) is 7.11 Å². The van der Waals surface area contributed by atoms with Crippen molar-refractivity contribution in [3.8, 4) is 0 Å². The summed E-state index contributed by atoms with van der Waals surface area (Å²) in [7, 11) is 1.54. The van der Waals surface area contributed by atoms with Crippen LogP contribution in [-0.2, 0) is 47.5 Å². The Morgan fingerprint density at radius 2 is 1.47 bits per heavy atom. The third-order valence-corrected chi connectivity index (χ3v) is 16.1. The molecule has 7 fully saturated rings. The minimum atomic E-state index is -1.71. The Hall–Kier alpha value is -1.68. The Bertz CT molecular complexity index is 1580. The van der Waals surface area contributed by atoms with Crippen LogP contribution in [-0.4, -0.2) is 167 Å². The van der Waals surface area contributed by atoms with Gasteiger partial charge in [-0.2, -0.15) is 0 Å². The summed E-state index contributed by atoms with van der Waals surface area (Å²) in [6.07, 6.45) is -7.97. The van der Waals surface area contributed by atoms with Gasteiger partial charge in [0.1, 0.15) is 67.3 Å². The fourth-order valence-corrected chi connectivity index (χ4v) is 12.7. The summed E-state index contributed by atoms with van der Waals surface area (Å²) in [5, 5.41) is 72.4. The average molecular weight is 841 g/mol. The minimum absolute atomic E-state index is 0.0130. The Morgan fingerprint density at radius 3 is 2.17 bits per heavy atom. The fourth-order valence-electron chi connectivity index (χ4n) is 12.7. The number of ether oxygens (including phenoxy) is 8. The van der Waals surface area contributed by atoms with Crippen LogP contribution in [0.3, 0.4) is 0 Å². The first-order chi connectivity index (χ1) is 28.0. The van der Waals surface area contributed by atoms with E-state index in [1.54, 1.807) is 13.0 Å². The van der Waals surface area contributed by atoms with E-state index in [0.717, 1.165) is 63.4 Å². The monoisotopic (exact) mass is 840 g/mol. The second-order valence-corrected chi connectivity index (χ2v) is 19.1. The number of Topliss-reactive ketones (excluding diaryl/α,β-unsaturated/α-hetero) is 1. The lowest BCUT2D eigenvalue weighted by atomic mass is 9.37. The molecule has 0 aromatic carbocycles. The van der Waals surface area contributed by atoms with Gasteiger partial charge in [-0.25, -0.2) is 4.79 Å². The second-order valence-electron chi connectivity index (χ2n) is 19.1. The Balaban J connectivity index is 0.863. The summed E-state index contributed by atoms with van der Waals surface area (Å²) < 4.78 is 47.2. The number of hydrogen-bond donors (Lipinski definition) is 7. The third-order valence-electron chi connectivity index (χ3n) is 16.1. The molecule has 1 spiro atoms. The van der Waals surface area contributed by atoms with Gasteiger partial charge in [-0.1, -0.05) is 13.8 Å². The molecule has 334 valence electrons. The van der Waals surface area contributed by atoms with Crippen LogP contribution >= 0.6 is 0 Å². The molecule has 0 radical (unpaired) electrons. The van der Waals surface area contributed by atoms with Gasteiger partial charge in [-0.15, -0.1) is 0 Å². The third kappa shape index (κ3) is 7.55. The average Bonchev–Trinajstić information content (AvgIpc) is 3.64. The van der Waals surface area contributed by atoms with Crippen LogP contribution in [0.4, 0.5) is 0 Å². The molecule has 21 atom stereocenters. The summed E-state index contributed by atoms with van der Waals surface area (Å²) in [5.74, 6) is 0.866. The van der Waals surface area contributed by atoms with Crippen LogP contribution in [0.5, 0.6) is 0 Å². The van der Waals surface area contributed by atoms with Crippen LogP contribution in [0.2, 0.25) is 0 Å². The molecule has 59 heavy (non-hydrogen) atoms. The highest BCUT2D eigenvalue weighted by Crippen LogP contribution is 2.70. The number of rotatable bonds is 10. The van der Waals surface area contributed by atoms with Crippen molar-refractivity contribution in [3.63, 3.8) is 0 Å². The number of hydrogen-bond acceptors (Lipinski definition) is 17. The molecule has 8 rings (SSSR count). The van der Waals surface area contributed by atoms with Gasteiger partial charge in [0.2, 0.25) is 0 Å². The predicted octanol–water partition coefficient (Wildman–Crippen LogP) is -0.00400. The molecule has 17 heteroatoms. The van der Waals surface area contributed by atoms with E-state index in [-0.39, 0.29) is 28.8 Å². The molecule has 2 bridgehead atoms. The molecule has 0 amide bonds. The van der Waals surface area contributed by atoms with Crippen molar-refractivity contribution in [2.45, 2.75) is 177 Å². The van der Waals surface area contributed by atoms with Crippen molar-refractivity contribution in [2.24, 2.45) is 34.0 Å². The number of aliphatic hydroxyl groups is 7. The zero-order valence-electron chi connectivity index (χ0n) is 34.4. The topological polar surface area (TPSA) is 250 Å². The lowest BCUT2D eigenvalue weighted by Gasteiger charge is -2.66. The van der Waals surface area contributed by atoms with Gasteiger partial charge in [-0.3, -0.25) is 4.79 Å². The lowest BCUT2D eigenvalue weighted by molar-refractivity contribution is -0.355. The number of esters is 1. The van der Waals surface area contributed by atoms with Gasteiger partial charge in [0.05, 0.1) is 31.5 Å². The number of cyclic esters (lactones) is 1. The summed E-state index contributed by atoms with van der Waals surface area (Å²) in [4.78, 5) is 26.6. The molecule has 0 unspecified atom stereocenters. The van der Waals surface area contributed by atoms with E-state index in [1.807, 2.05) is 0 Å². The maximum absolute atomic E-state index is 14.6. The van der Waals surface area contributed by atoms with Gasteiger partial charge in [0.15, 0.2) is 18.9 Å². The SMILES string of the molecule is CO[C@H]1C[C@H](O[C@H]2CC[C@@]3(C)[C@H](CC[C@@]45CC[C@H](C6=CC(=O)OC6)[C@@](C)(CC[C@H]43)C5=O)C2)O[C@H](C)[C@H]1O[C@H]1O[C@@H](CO[C@@H]2O[C@H](CO)[C@H](O)[C@@H](O)[C@@H]2O)[C@H](O)[C@@H](O)[C@@H]1O. The molecule has 17 nitrogen and oxygen atoms in total. The van der Waals surface area contributed by atoms with E-state index in [2.05, 4.69) is 13.8 Å². The minimum Gasteiger partial charge on any atom is -0.458 e. The summed E-state index contributed by atoms with van der Waals surface area (Å²) in [6.45, 7) is 5.49. The Kier molecular flexibility index (Phi) is 12.5. The van der Waals surface area contributed by atoms with Crippen LogP contribution in [0.1, 0.15) is 85.0 Å². The first-order valence-corrected chi connectivity index (χ1v) is 21.6. The fraction of sp³-hybridized carbons (Fsp3) is 0.905. The molecule has 0 aromatic rings. The largest absolute Gasteiger partial charge is 0.458 e. The highest BCUT2D eigenvalue weighted by atomic mass is 16.8. The number of carbonyl (C=O) groups is 2. The van der Waals surface area contributed by atoms with E-state index in [0.29, 0.717) is 30.6 Å². The standard InChI is InChI=1S/C42H64O17/c1-19-36(59-38-35(50)33(48)31(46)26(58-38)18-54-37-34(49)32(47)30(45)25(16-43)57-37)24(52-4)15-29(55-19)56-22-6-9-40(2)21(14-22)5-11-42-12-7-23(20-13-28(44)53-17-20)41(3,39(42)51)10-8-27(40)42/h13,19,21-27,29-38,43,45-50H,5-12,14-18H2,1-4H3/t19-,21-,22+,23-,24+,25-,26+,27+,29+,30+,31+,32-,33-,34+,35+,36-,37-,38-,40+,41-,42-/m1/s1. The first-order valence-electron chi connectivity index (χ1n) is 21.6. The molecule has 4 aliphatic heterocycles. The van der Waals surface area contributed by atoms with Crippen LogP contribution in [0.25, 0.3) is 0 Å². The highest BCUT2D eigenvalue weighted by molar-refractivity contribution is 5.93. The number of carbonyl (C=O) groups excluding carboxylic acids is 2. The van der Waals surface area contributed by atoms with Crippen LogP contribution in [0, 0.1) is 34.0 Å².